The molecule has 1 heterocycles. The number of hydrogen-bond acceptors (Lipinski definition) is 4. The number of aromatic nitrogens is 1. The third kappa shape index (κ3) is 6.41. The maximum absolute atomic E-state index is 12.3. The van der Waals surface area contributed by atoms with Crippen molar-refractivity contribution in [2.45, 2.75) is 25.7 Å². The molecule has 0 bridgehead atoms. The summed E-state index contributed by atoms with van der Waals surface area (Å²) >= 11 is 5.94. The Labute approximate surface area is 164 Å². The van der Waals surface area contributed by atoms with Crippen LogP contribution in [0.25, 0.3) is 0 Å². The molecule has 2 amide bonds. The Balaban J connectivity index is 1.93. The monoisotopic (exact) mass is 415 g/mol. The van der Waals surface area contributed by atoms with E-state index >= 15 is 0 Å². The Morgan fingerprint density at radius 3 is 2.61 bits per heavy atom. The number of carbonyl (C=O) groups is 2. The third-order valence-electron chi connectivity index (χ3n) is 3.53. The van der Waals surface area contributed by atoms with Crippen molar-refractivity contribution in [3.63, 3.8) is 0 Å². The maximum atomic E-state index is 12.3. The van der Waals surface area contributed by atoms with E-state index in [-0.39, 0.29) is 28.6 Å². The molecule has 0 aliphatic rings. The van der Waals surface area contributed by atoms with E-state index < -0.39 is 30.6 Å². The SMILES string of the molecule is CC(NC(=O)c1ccccc1Cl)C(=O)NCc1cccnc1OCC(F)(F)F. The quantitative estimate of drug-likeness (QED) is 0.728. The number of benzene rings is 1. The number of amides is 2. The van der Waals surface area contributed by atoms with E-state index in [0.29, 0.717) is 0 Å². The number of nitrogens with one attached hydrogen (secondary N) is 2. The number of alkyl halides is 3. The van der Waals surface area contributed by atoms with E-state index in [0.717, 1.165) is 0 Å². The first kappa shape index (κ1) is 21.5. The molecule has 150 valence electrons. The van der Waals surface area contributed by atoms with Crippen molar-refractivity contribution >= 4 is 23.4 Å². The second-order valence-corrected chi connectivity index (χ2v) is 6.17. The molecule has 0 spiro atoms. The van der Waals surface area contributed by atoms with Gasteiger partial charge in [-0.15, -0.1) is 0 Å². The molecule has 0 fully saturated rings. The van der Waals surface area contributed by atoms with Gasteiger partial charge in [0.05, 0.1) is 10.6 Å². The highest BCUT2D eigenvalue weighted by molar-refractivity contribution is 6.33. The zero-order chi connectivity index (χ0) is 20.7. The van der Waals surface area contributed by atoms with E-state index in [4.69, 9.17) is 11.6 Å². The number of carbonyl (C=O) groups excluding carboxylic acids is 2. The van der Waals surface area contributed by atoms with Crippen LogP contribution in [0.1, 0.15) is 22.8 Å². The van der Waals surface area contributed by atoms with Crippen LogP contribution in [0.15, 0.2) is 42.6 Å². The lowest BCUT2D eigenvalue weighted by atomic mass is 10.2. The van der Waals surface area contributed by atoms with Gasteiger partial charge in [0.2, 0.25) is 11.8 Å². The van der Waals surface area contributed by atoms with Crippen LogP contribution < -0.4 is 15.4 Å². The largest absolute Gasteiger partial charge is 0.468 e. The molecular weight excluding hydrogens is 399 g/mol. The fraction of sp³-hybridized carbons (Fsp3) is 0.278. The average Bonchev–Trinajstić information content (AvgIpc) is 2.64. The Kier molecular flexibility index (Phi) is 7.22. The second kappa shape index (κ2) is 9.41. The topological polar surface area (TPSA) is 80.3 Å². The van der Waals surface area contributed by atoms with E-state index in [1.165, 1.54) is 31.3 Å². The van der Waals surface area contributed by atoms with Crippen molar-refractivity contribution in [2.75, 3.05) is 6.61 Å². The predicted octanol–water partition coefficient (Wildman–Crippen LogP) is 3.11. The number of halogens is 4. The molecule has 1 atom stereocenters. The summed E-state index contributed by atoms with van der Waals surface area (Å²) < 4.78 is 41.6. The molecular formula is C18H17ClF3N3O3. The molecule has 0 saturated heterocycles. The van der Waals surface area contributed by atoms with Gasteiger partial charge in [-0.3, -0.25) is 9.59 Å². The summed E-state index contributed by atoms with van der Waals surface area (Å²) in [5.41, 5.74) is 0.489. The molecule has 28 heavy (non-hydrogen) atoms. The zero-order valence-electron chi connectivity index (χ0n) is 14.7. The van der Waals surface area contributed by atoms with E-state index in [9.17, 15) is 22.8 Å². The highest BCUT2D eigenvalue weighted by Gasteiger charge is 2.29. The van der Waals surface area contributed by atoms with Crippen LogP contribution in [-0.4, -0.2) is 35.6 Å². The van der Waals surface area contributed by atoms with Gasteiger partial charge in [0.1, 0.15) is 6.04 Å². The molecule has 2 rings (SSSR count). The molecule has 6 nitrogen and oxygen atoms in total. The molecule has 0 radical (unpaired) electrons. The van der Waals surface area contributed by atoms with Gasteiger partial charge in [-0.1, -0.05) is 29.8 Å². The molecule has 0 saturated carbocycles. The summed E-state index contributed by atoms with van der Waals surface area (Å²) in [6.45, 7) is -0.143. The fourth-order valence-corrected chi connectivity index (χ4v) is 2.38. The minimum atomic E-state index is -4.50. The number of hydrogen-bond donors (Lipinski definition) is 2. The summed E-state index contributed by atoms with van der Waals surface area (Å²) in [4.78, 5) is 28.1. The molecule has 0 aliphatic carbocycles. The molecule has 2 aromatic rings. The van der Waals surface area contributed by atoms with Gasteiger partial charge in [0.15, 0.2) is 6.61 Å². The summed E-state index contributed by atoms with van der Waals surface area (Å²) in [7, 11) is 0. The van der Waals surface area contributed by atoms with Crippen LogP contribution in [0.3, 0.4) is 0 Å². The van der Waals surface area contributed by atoms with Crippen molar-refractivity contribution in [1.82, 2.24) is 15.6 Å². The Hall–Kier alpha value is -2.81. The van der Waals surface area contributed by atoms with Crippen molar-refractivity contribution < 1.29 is 27.5 Å². The first-order valence-electron chi connectivity index (χ1n) is 8.14. The maximum Gasteiger partial charge on any atom is 0.422 e. The smallest absolute Gasteiger partial charge is 0.422 e. The highest BCUT2D eigenvalue weighted by Crippen LogP contribution is 2.20. The van der Waals surface area contributed by atoms with Crippen LogP contribution in [0, 0.1) is 0 Å². The molecule has 2 N–H and O–H groups in total. The van der Waals surface area contributed by atoms with Gasteiger partial charge in [-0.25, -0.2) is 4.98 Å². The van der Waals surface area contributed by atoms with E-state index in [2.05, 4.69) is 20.4 Å². The summed E-state index contributed by atoms with van der Waals surface area (Å²) in [6.07, 6.45) is -3.22. The minimum absolute atomic E-state index is 0.119. The summed E-state index contributed by atoms with van der Waals surface area (Å²) in [6, 6.07) is 8.45. The Morgan fingerprint density at radius 2 is 1.93 bits per heavy atom. The molecule has 0 aliphatic heterocycles. The lowest BCUT2D eigenvalue weighted by Gasteiger charge is -2.16. The zero-order valence-corrected chi connectivity index (χ0v) is 15.5. The number of ether oxygens (including phenoxy) is 1. The minimum Gasteiger partial charge on any atom is -0.468 e. The van der Waals surface area contributed by atoms with Gasteiger partial charge in [-0.05, 0) is 25.1 Å². The first-order valence-corrected chi connectivity index (χ1v) is 8.51. The summed E-state index contributed by atoms with van der Waals surface area (Å²) in [5, 5.41) is 5.27. The van der Waals surface area contributed by atoms with E-state index in [1.807, 2.05) is 0 Å². The van der Waals surface area contributed by atoms with Crippen LogP contribution in [-0.2, 0) is 11.3 Å². The van der Waals surface area contributed by atoms with Crippen LogP contribution in [0.5, 0.6) is 5.88 Å². The van der Waals surface area contributed by atoms with Gasteiger partial charge in [0.25, 0.3) is 5.91 Å². The lowest BCUT2D eigenvalue weighted by molar-refractivity contribution is -0.154. The predicted molar refractivity (Wildman–Crippen MR) is 96.0 cm³/mol. The normalized spacial score (nSPS) is 12.2. The molecule has 1 aromatic carbocycles. The first-order chi connectivity index (χ1) is 13.2. The van der Waals surface area contributed by atoms with Crippen LogP contribution >= 0.6 is 11.6 Å². The van der Waals surface area contributed by atoms with Crippen molar-refractivity contribution in [2.24, 2.45) is 0 Å². The van der Waals surface area contributed by atoms with Crippen LogP contribution in [0.4, 0.5) is 13.2 Å². The number of nitrogens with zero attached hydrogens (tertiary/aromatic N) is 1. The average molecular weight is 416 g/mol. The lowest BCUT2D eigenvalue weighted by Crippen LogP contribution is -2.44. The van der Waals surface area contributed by atoms with Crippen molar-refractivity contribution in [3.8, 4) is 5.88 Å². The van der Waals surface area contributed by atoms with Gasteiger partial charge < -0.3 is 15.4 Å². The standard InChI is InChI=1S/C18H17ClF3N3O3/c1-11(25-16(27)13-6-2-3-7-14(13)19)15(26)24-9-12-5-4-8-23-17(12)28-10-18(20,21)22/h2-8,11H,9-10H2,1H3,(H,24,26)(H,25,27). The fourth-order valence-electron chi connectivity index (χ4n) is 2.16. The van der Waals surface area contributed by atoms with Gasteiger partial charge >= 0.3 is 6.18 Å². The van der Waals surface area contributed by atoms with Gasteiger partial charge in [0, 0.05) is 18.3 Å². The highest BCUT2D eigenvalue weighted by atomic mass is 35.5. The number of rotatable bonds is 7. The summed E-state index contributed by atoms with van der Waals surface area (Å²) in [5.74, 6) is -1.29. The molecule has 1 aromatic heterocycles. The van der Waals surface area contributed by atoms with Crippen molar-refractivity contribution in [1.29, 1.82) is 0 Å². The third-order valence-corrected chi connectivity index (χ3v) is 3.86. The second-order valence-electron chi connectivity index (χ2n) is 5.76. The van der Waals surface area contributed by atoms with Gasteiger partial charge in [-0.2, -0.15) is 13.2 Å². The van der Waals surface area contributed by atoms with E-state index in [1.54, 1.807) is 18.2 Å². The molecule has 10 heteroatoms. The molecule has 1 unspecified atom stereocenters. The van der Waals surface area contributed by atoms with Crippen LogP contribution in [0.2, 0.25) is 5.02 Å². The number of pyridine rings is 1. The Bertz CT molecular complexity index is 846. The Morgan fingerprint density at radius 1 is 1.21 bits per heavy atom. The van der Waals surface area contributed by atoms with Crippen molar-refractivity contribution in [3.05, 3.63) is 58.7 Å².